The molecule has 1 aliphatic carbocycles. The summed E-state index contributed by atoms with van der Waals surface area (Å²) in [6.45, 7) is 7.19. The molecule has 0 bridgehead atoms. The van der Waals surface area contributed by atoms with Crippen molar-refractivity contribution in [3.05, 3.63) is 29.8 Å². The Kier molecular flexibility index (Phi) is 4.57. The number of Topliss-reactive ketones (excluding diaryl/α,β-unsaturated/α-hetero) is 1. The average Bonchev–Trinajstić information content (AvgIpc) is 2.93. The molecular formula is C18H24N2O2. The average molecular weight is 300 g/mol. The van der Waals surface area contributed by atoms with Gasteiger partial charge < -0.3 is 9.32 Å². The summed E-state index contributed by atoms with van der Waals surface area (Å²) in [5.74, 6) is 1.59. The standard InChI is InChI=1S/C18H24N2O2/c1-3-20(4-2)10-8-16(21)13-5-6-17-14(11-13)15-12-19-9-7-18(15)22-17/h7,9,12-13H,3-6,8,10-11H2,1-2H3. The van der Waals surface area contributed by atoms with Crippen LogP contribution in [-0.2, 0) is 17.6 Å². The lowest BCUT2D eigenvalue weighted by Gasteiger charge is -2.22. The topological polar surface area (TPSA) is 46.3 Å². The van der Waals surface area contributed by atoms with Gasteiger partial charge in [0, 0.05) is 48.6 Å². The van der Waals surface area contributed by atoms with Crippen molar-refractivity contribution in [2.24, 2.45) is 5.92 Å². The zero-order valence-corrected chi connectivity index (χ0v) is 13.5. The maximum atomic E-state index is 12.5. The van der Waals surface area contributed by atoms with E-state index >= 15 is 0 Å². The number of ketones is 1. The second-order valence-electron chi connectivity index (χ2n) is 6.06. The maximum Gasteiger partial charge on any atom is 0.137 e. The molecule has 2 aromatic rings. The maximum absolute atomic E-state index is 12.5. The first kappa shape index (κ1) is 15.2. The van der Waals surface area contributed by atoms with Crippen LogP contribution in [0.2, 0.25) is 0 Å². The summed E-state index contributed by atoms with van der Waals surface area (Å²) in [5, 5.41) is 1.08. The fraction of sp³-hybridized carbons (Fsp3) is 0.556. The van der Waals surface area contributed by atoms with Crippen molar-refractivity contribution in [3.8, 4) is 0 Å². The molecule has 0 aromatic carbocycles. The van der Waals surface area contributed by atoms with Crippen LogP contribution in [0.5, 0.6) is 0 Å². The molecule has 0 radical (unpaired) electrons. The molecule has 1 unspecified atom stereocenters. The van der Waals surface area contributed by atoms with Gasteiger partial charge in [0.05, 0.1) is 0 Å². The fourth-order valence-corrected chi connectivity index (χ4v) is 3.41. The first-order chi connectivity index (χ1) is 10.7. The van der Waals surface area contributed by atoms with Gasteiger partial charge in [0.2, 0.25) is 0 Å². The molecule has 0 N–H and O–H groups in total. The number of carbonyl (C=O) groups is 1. The van der Waals surface area contributed by atoms with E-state index in [1.165, 1.54) is 5.56 Å². The van der Waals surface area contributed by atoms with E-state index in [0.29, 0.717) is 12.2 Å². The van der Waals surface area contributed by atoms with Crippen molar-refractivity contribution in [2.75, 3.05) is 19.6 Å². The van der Waals surface area contributed by atoms with Crippen molar-refractivity contribution in [2.45, 2.75) is 39.5 Å². The monoisotopic (exact) mass is 300 g/mol. The molecule has 0 spiro atoms. The Morgan fingerprint density at radius 2 is 2.23 bits per heavy atom. The van der Waals surface area contributed by atoms with Crippen LogP contribution in [0, 0.1) is 5.92 Å². The van der Waals surface area contributed by atoms with Gasteiger partial charge in [0.25, 0.3) is 0 Å². The number of aromatic nitrogens is 1. The molecule has 4 nitrogen and oxygen atoms in total. The predicted molar refractivity (Wildman–Crippen MR) is 86.9 cm³/mol. The summed E-state index contributed by atoms with van der Waals surface area (Å²) >= 11 is 0. The van der Waals surface area contributed by atoms with E-state index in [1.807, 2.05) is 12.3 Å². The number of hydrogen-bond donors (Lipinski definition) is 0. The summed E-state index contributed by atoms with van der Waals surface area (Å²) in [5.41, 5.74) is 2.10. The van der Waals surface area contributed by atoms with E-state index in [-0.39, 0.29) is 5.92 Å². The highest BCUT2D eigenvalue weighted by Gasteiger charge is 2.28. The van der Waals surface area contributed by atoms with Gasteiger partial charge in [0.1, 0.15) is 17.1 Å². The number of hydrogen-bond acceptors (Lipinski definition) is 4. The van der Waals surface area contributed by atoms with Crippen LogP contribution in [0.25, 0.3) is 11.0 Å². The largest absolute Gasteiger partial charge is 0.461 e. The molecule has 4 heteroatoms. The van der Waals surface area contributed by atoms with Crippen LogP contribution in [-0.4, -0.2) is 35.3 Å². The Morgan fingerprint density at radius 1 is 1.41 bits per heavy atom. The summed E-state index contributed by atoms with van der Waals surface area (Å²) in [4.78, 5) is 19.0. The van der Waals surface area contributed by atoms with Gasteiger partial charge in [0.15, 0.2) is 0 Å². The highest BCUT2D eigenvalue weighted by Crippen LogP contribution is 2.34. The number of fused-ring (bicyclic) bond motifs is 3. The van der Waals surface area contributed by atoms with Gasteiger partial charge in [-0.2, -0.15) is 0 Å². The van der Waals surface area contributed by atoms with E-state index in [1.54, 1.807) is 6.20 Å². The molecule has 0 fully saturated rings. The lowest BCUT2D eigenvalue weighted by Crippen LogP contribution is -2.29. The second kappa shape index (κ2) is 6.61. The van der Waals surface area contributed by atoms with E-state index in [4.69, 9.17) is 4.42 Å². The Hall–Kier alpha value is -1.68. The summed E-state index contributed by atoms with van der Waals surface area (Å²) in [6, 6.07) is 1.91. The smallest absolute Gasteiger partial charge is 0.137 e. The molecule has 2 aromatic heterocycles. The molecule has 0 amide bonds. The van der Waals surface area contributed by atoms with Crippen molar-refractivity contribution in [3.63, 3.8) is 0 Å². The lowest BCUT2D eigenvalue weighted by atomic mass is 9.83. The number of aryl methyl sites for hydroxylation is 1. The van der Waals surface area contributed by atoms with Gasteiger partial charge in [-0.05, 0) is 32.0 Å². The SMILES string of the molecule is CCN(CC)CCC(=O)C1CCc2oc3ccncc3c2C1. The van der Waals surface area contributed by atoms with Crippen LogP contribution in [0.1, 0.15) is 38.0 Å². The van der Waals surface area contributed by atoms with Gasteiger partial charge in [-0.3, -0.25) is 9.78 Å². The van der Waals surface area contributed by atoms with Crippen molar-refractivity contribution in [1.82, 2.24) is 9.88 Å². The predicted octanol–water partition coefficient (Wildman–Crippen LogP) is 3.23. The molecule has 0 aliphatic heterocycles. The molecular weight excluding hydrogens is 276 g/mol. The lowest BCUT2D eigenvalue weighted by molar-refractivity contribution is -0.123. The minimum absolute atomic E-state index is 0.143. The minimum atomic E-state index is 0.143. The number of pyridine rings is 1. The Morgan fingerprint density at radius 3 is 3.00 bits per heavy atom. The zero-order valence-electron chi connectivity index (χ0n) is 13.5. The van der Waals surface area contributed by atoms with Crippen LogP contribution in [0.15, 0.2) is 22.9 Å². The van der Waals surface area contributed by atoms with Crippen LogP contribution in [0.3, 0.4) is 0 Å². The first-order valence-electron chi connectivity index (χ1n) is 8.32. The second-order valence-corrected chi connectivity index (χ2v) is 6.06. The highest BCUT2D eigenvalue weighted by atomic mass is 16.3. The van der Waals surface area contributed by atoms with Gasteiger partial charge in [-0.1, -0.05) is 13.8 Å². The highest BCUT2D eigenvalue weighted by molar-refractivity contribution is 5.85. The quantitative estimate of drug-likeness (QED) is 0.821. The van der Waals surface area contributed by atoms with Gasteiger partial charge >= 0.3 is 0 Å². The third-order valence-electron chi connectivity index (χ3n) is 4.87. The van der Waals surface area contributed by atoms with Crippen molar-refractivity contribution in [1.29, 1.82) is 0 Å². The fourth-order valence-electron chi connectivity index (χ4n) is 3.41. The first-order valence-corrected chi connectivity index (χ1v) is 8.32. The Balaban J connectivity index is 1.69. The molecule has 2 heterocycles. The molecule has 1 atom stereocenters. The van der Waals surface area contributed by atoms with E-state index in [9.17, 15) is 4.79 Å². The Labute approximate surface area is 131 Å². The minimum Gasteiger partial charge on any atom is -0.461 e. The van der Waals surface area contributed by atoms with Gasteiger partial charge in [-0.15, -0.1) is 0 Å². The number of rotatable bonds is 6. The van der Waals surface area contributed by atoms with Crippen LogP contribution < -0.4 is 0 Å². The molecule has 22 heavy (non-hydrogen) atoms. The normalized spacial score (nSPS) is 17.9. The molecule has 0 saturated carbocycles. The third kappa shape index (κ3) is 2.93. The van der Waals surface area contributed by atoms with Gasteiger partial charge in [-0.25, -0.2) is 0 Å². The van der Waals surface area contributed by atoms with E-state index < -0.39 is 0 Å². The van der Waals surface area contributed by atoms with Crippen molar-refractivity contribution < 1.29 is 9.21 Å². The van der Waals surface area contributed by atoms with Crippen LogP contribution in [0.4, 0.5) is 0 Å². The van der Waals surface area contributed by atoms with Crippen molar-refractivity contribution >= 4 is 16.8 Å². The molecule has 118 valence electrons. The molecule has 1 aliphatic rings. The molecule has 3 rings (SSSR count). The van der Waals surface area contributed by atoms with E-state index in [2.05, 4.69) is 23.7 Å². The summed E-state index contributed by atoms with van der Waals surface area (Å²) in [7, 11) is 0. The number of carbonyl (C=O) groups excluding carboxylic acids is 1. The number of furan rings is 1. The van der Waals surface area contributed by atoms with E-state index in [0.717, 1.165) is 55.6 Å². The zero-order chi connectivity index (χ0) is 15.5. The van der Waals surface area contributed by atoms with Crippen LogP contribution >= 0.6 is 0 Å². The number of nitrogens with zero attached hydrogens (tertiary/aromatic N) is 2. The summed E-state index contributed by atoms with van der Waals surface area (Å²) in [6.07, 6.45) is 6.87. The molecule has 0 saturated heterocycles. The third-order valence-corrected chi connectivity index (χ3v) is 4.87. The Bertz CT molecular complexity index is 658. The summed E-state index contributed by atoms with van der Waals surface area (Å²) < 4.78 is 5.89.